The fraction of sp³-hybridized carbons (Fsp3) is 0.647. The fourth-order valence-electron chi connectivity index (χ4n) is 1.62. The van der Waals surface area contributed by atoms with Crippen LogP contribution in [0.5, 0.6) is 0 Å². The summed E-state index contributed by atoms with van der Waals surface area (Å²) in [6, 6.07) is 10.4. The van der Waals surface area contributed by atoms with Crippen molar-refractivity contribution in [2.75, 3.05) is 0 Å². The van der Waals surface area contributed by atoms with Crippen molar-refractivity contribution in [1.82, 2.24) is 0 Å². The van der Waals surface area contributed by atoms with E-state index in [1.807, 2.05) is 26.8 Å². The van der Waals surface area contributed by atoms with Gasteiger partial charge in [-0.15, -0.1) is 0 Å². The Labute approximate surface area is 118 Å². The summed E-state index contributed by atoms with van der Waals surface area (Å²) in [7, 11) is 0. The Bertz CT molecular complexity index is 384. The molecular formula is C17H28O2. The molecule has 0 aliphatic carbocycles. The molecule has 0 aliphatic heterocycles. The van der Waals surface area contributed by atoms with Crippen molar-refractivity contribution < 1.29 is 9.78 Å². The average Bonchev–Trinajstić information content (AvgIpc) is 2.25. The van der Waals surface area contributed by atoms with Gasteiger partial charge in [0.05, 0.1) is 5.60 Å². The standard InChI is InChI=1S/C17H28O2/c1-15(2,3)17(7,19-18-16(4,5)6)13-14-11-9-8-10-12-14/h8-12H,13H2,1-7H3. The maximum Gasteiger partial charge on any atom is 0.110 e. The third-order valence-corrected chi connectivity index (χ3v) is 3.45. The van der Waals surface area contributed by atoms with Gasteiger partial charge in [0, 0.05) is 6.42 Å². The van der Waals surface area contributed by atoms with Crippen LogP contribution < -0.4 is 0 Å². The summed E-state index contributed by atoms with van der Waals surface area (Å²) in [5.41, 5.74) is 0.566. The zero-order valence-electron chi connectivity index (χ0n) is 13.4. The Kier molecular flexibility index (Phi) is 4.81. The molecule has 0 spiro atoms. The third-order valence-electron chi connectivity index (χ3n) is 3.45. The van der Waals surface area contributed by atoms with E-state index in [0.717, 1.165) is 6.42 Å². The molecule has 0 saturated heterocycles. The Morgan fingerprint density at radius 3 is 1.74 bits per heavy atom. The number of hydrogen-bond acceptors (Lipinski definition) is 2. The molecule has 19 heavy (non-hydrogen) atoms. The second-order valence-corrected chi connectivity index (χ2v) is 7.42. The van der Waals surface area contributed by atoms with Crippen LogP contribution in [0, 0.1) is 5.41 Å². The van der Waals surface area contributed by atoms with E-state index in [1.165, 1.54) is 5.56 Å². The Balaban J connectivity index is 2.88. The lowest BCUT2D eigenvalue weighted by molar-refractivity contribution is -0.417. The van der Waals surface area contributed by atoms with Crippen LogP contribution in [0.15, 0.2) is 30.3 Å². The molecule has 1 aromatic carbocycles. The summed E-state index contributed by atoms with van der Waals surface area (Å²) < 4.78 is 0. The Morgan fingerprint density at radius 1 is 0.789 bits per heavy atom. The molecule has 0 amide bonds. The van der Waals surface area contributed by atoms with Gasteiger partial charge in [-0.25, -0.2) is 9.78 Å². The monoisotopic (exact) mass is 264 g/mol. The highest BCUT2D eigenvalue weighted by Gasteiger charge is 2.41. The van der Waals surface area contributed by atoms with E-state index in [9.17, 15) is 0 Å². The quantitative estimate of drug-likeness (QED) is 0.575. The predicted octanol–water partition coefficient (Wildman–Crippen LogP) is 4.78. The zero-order chi connectivity index (χ0) is 14.7. The summed E-state index contributed by atoms with van der Waals surface area (Å²) in [4.78, 5) is 11.5. The fourth-order valence-corrected chi connectivity index (χ4v) is 1.62. The molecule has 0 heterocycles. The second kappa shape index (κ2) is 5.64. The molecule has 0 saturated carbocycles. The van der Waals surface area contributed by atoms with Crippen molar-refractivity contribution in [2.24, 2.45) is 5.41 Å². The Hall–Kier alpha value is -0.860. The summed E-state index contributed by atoms with van der Waals surface area (Å²) in [6.45, 7) is 14.7. The van der Waals surface area contributed by atoms with Crippen LogP contribution in [-0.2, 0) is 16.2 Å². The summed E-state index contributed by atoms with van der Waals surface area (Å²) >= 11 is 0. The maximum absolute atomic E-state index is 5.86. The Morgan fingerprint density at radius 2 is 1.32 bits per heavy atom. The van der Waals surface area contributed by atoms with Crippen molar-refractivity contribution in [3.63, 3.8) is 0 Å². The predicted molar refractivity (Wildman–Crippen MR) is 79.9 cm³/mol. The molecule has 0 aliphatic rings. The molecule has 1 atom stereocenters. The first-order valence-corrected chi connectivity index (χ1v) is 6.94. The van der Waals surface area contributed by atoms with Crippen LogP contribution in [0.2, 0.25) is 0 Å². The highest BCUT2D eigenvalue weighted by atomic mass is 17.2. The summed E-state index contributed by atoms with van der Waals surface area (Å²) in [5.74, 6) is 0. The van der Waals surface area contributed by atoms with Gasteiger partial charge in [-0.05, 0) is 38.7 Å². The van der Waals surface area contributed by atoms with E-state index in [2.05, 4.69) is 52.0 Å². The molecule has 1 aromatic rings. The topological polar surface area (TPSA) is 18.5 Å². The largest absolute Gasteiger partial charge is 0.230 e. The minimum atomic E-state index is -0.373. The van der Waals surface area contributed by atoms with E-state index < -0.39 is 0 Å². The van der Waals surface area contributed by atoms with Crippen LogP contribution >= 0.6 is 0 Å². The summed E-state index contributed by atoms with van der Waals surface area (Å²) in [6.07, 6.45) is 0.827. The minimum absolute atomic E-state index is 0.0198. The molecule has 0 fully saturated rings. The molecule has 2 nitrogen and oxygen atoms in total. The van der Waals surface area contributed by atoms with Crippen molar-refractivity contribution in [2.45, 2.75) is 66.1 Å². The normalized spacial score (nSPS) is 16.2. The lowest BCUT2D eigenvalue weighted by Gasteiger charge is -2.41. The number of benzene rings is 1. The van der Waals surface area contributed by atoms with E-state index >= 15 is 0 Å². The molecule has 2 heteroatoms. The summed E-state index contributed by atoms with van der Waals surface area (Å²) in [5, 5.41) is 0. The highest BCUT2D eigenvalue weighted by molar-refractivity contribution is 5.17. The van der Waals surface area contributed by atoms with Gasteiger partial charge in [0.2, 0.25) is 0 Å². The van der Waals surface area contributed by atoms with E-state index in [1.54, 1.807) is 0 Å². The molecule has 1 unspecified atom stereocenters. The molecule has 0 bridgehead atoms. The first-order chi connectivity index (χ1) is 8.54. The third kappa shape index (κ3) is 4.96. The van der Waals surface area contributed by atoms with Crippen molar-refractivity contribution in [3.8, 4) is 0 Å². The van der Waals surface area contributed by atoms with Gasteiger partial charge in [0.1, 0.15) is 5.60 Å². The van der Waals surface area contributed by atoms with Gasteiger partial charge in [-0.2, -0.15) is 0 Å². The van der Waals surface area contributed by atoms with E-state index in [0.29, 0.717) is 0 Å². The lowest BCUT2D eigenvalue weighted by atomic mass is 9.74. The van der Waals surface area contributed by atoms with Gasteiger partial charge in [-0.3, -0.25) is 0 Å². The van der Waals surface area contributed by atoms with Gasteiger partial charge in [-0.1, -0.05) is 51.1 Å². The van der Waals surface area contributed by atoms with Gasteiger partial charge in [0.25, 0.3) is 0 Å². The van der Waals surface area contributed by atoms with Crippen LogP contribution in [-0.4, -0.2) is 11.2 Å². The van der Waals surface area contributed by atoms with Crippen LogP contribution in [0.1, 0.15) is 54.0 Å². The van der Waals surface area contributed by atoms with Gasteiger partial charge >= 0.3 is 0 Å². The number of hydrogen-bond donors (Lipinski definition) is 0. The second-order valence-electron chi connectivity index (χ2n) is 7.42. The molecule has 1 rings (SSSR count). The van der Waals surface area contributed by atoms with Crippen LogP contribution in [0.25, 0.3) is 0 Å². The first kappa shape index (κ1) is 16.2. The van der Waals surface area contributed by atoms with E-state index in [-0.39, 0.29) is 16.6 Å². The highest BCUT2D eigenvalue weighted by Crippen LogP contribution is 2.37. The SMILES string of the molecule is CC(C)(C)OOC(C)(Cc1ccccc1)C(C)(C)C. The molecule has 0 N–H and O–H groups in total. The zero-order valence-corrected chi connectivity index (χ0v) is 13.4. The minimum Gasteiger partial charge on any atom is -0.230 e. The van der Waals surface area contributed by atoms with Crippen LogP contribution in [0.4, 0.5) is 0 Å². The van der Waals surface area contributed by atoms with Gasteiger partial charge in [0.15, 0.2) is 0 Å². The van der Waals surface area contributed by atoms with E-state index in [4.69, 9.17) is 9.78 Å². The van der Waals surface area contributed by atoms with Crippen LogP contribution in [0.3, 0.4) is 0 Å². The van der Waals surface area contributed by atoms with Gasteiger partial charge < -0.3 is 0 Å². The van der Waals surface area contributed by atoms with Crippen molar-refractivity contribution >= 4 is 0 Å². The first-order valence-electron chi connectivity index (χ1n) is 6.94. The molecule has 0 radical (unpaired) electrons. The van der Waals surface area contributed by atoms with Crippen molar-refractivity contribution in [3.05, 3.63) is 35.9 Å². The number of rotatable bonds is 4. The molecule has 108 valence electrons. The van der Waals surface area contributed by atoms with Crippen molar-refractivity contribution in [1.29, 1.82) is 0 Å². The maximum atomic E-state index is 5.86. The smallest absolute Gasteiger partial charge is 0.110 e. The lowest BCUT2D eigenvalue weighted by Crippen LogP contribution is -2.46. The average molecular weight is 264 g/mol. The molecular weight excluding hydrogens is 236 g/mol. The molecule has 0 aromatic heterocycles.